The number of anilines is 2. The fourth-order valence-electron chi connectivity index (χ4n) is 2.82. The molecule has 2 rings (SSSR count). The molecule has 0 amide bonds. The van der Waals surface area contributed by atoms with Crippen LogP contribution < -0.4 is 15.4 Å². The lowest BCUT2D eigenvalue weighted by Gasteiger charge is -2.35. The first-order valence-electron chi connectivity index (χ1n) is 7.40. The molecule has 4 heteroatoms. The highest BCUT2D eigenvalue weighted by Crippen LogP contribution is 2.35. The maximum Gasteiger partial charge on any atom is 0.144 e. The average Bonchev–Trinajstić information content (AvgIpc) is 2.41. The van der Waals surface area contributed by atoms with Gasteiger partial charge >= 0.3 is 0 Å². The predicted molar refractivity (Wildman–Crippen MR) is 83.4 cm³/mol. The molecule has 1 saturated heterocycles. The van der Waals surface area contributed by atoms with Gasteiger partial charge in [-0.15, -0.1) is 0 Å². The molecule has 1 atom stereocenters. The number of para-hydroxylation sites is 1. The molecule has 0 spiro atoms. The zero-order chi connectivity index (χ0) is 14.5. The summed E-state index contributed by atoms with van der Waals surface area (Å²) in [6, 6.07) is 6.04. The maximum atomic E-state index is 6.28. The minimum Gasteiger partial charge on any atom is -0.489 e. The van der Waals surface area contributed by atoms with Crippen LogP contribution in [0, 0.1) is 5.92 Å². The second-order valence-electron chi connectivity index (χ2n) is 5.77. The number of methoxy groups -OCH3 is 1. The van der Waals surface area contributed by atoms with E-state index < -0.39 is 0 Å². The van der Waals surface area contributed by atoms with Crippen LogP contribution in [-0.4, -0.2) is 32.9 Å². The molecule has 1 aromatic carbocycles. The van der Waals surface area contributed by atoms with Crippen molar-refractivity contribution in [3.05, 3.63) is 18.2 Å². The number of hydrogen-bond donors (Lipinski definition) is 1. The topological polar surface area (TPSA) is 47.7 Å². The molecular weight excluding hydrogens is 252 g/mol. The first kappa shape index (κ1) is 15.0. The Balaban J connectivity index is 2.15. The predicted octanol–water partition coefficient (Wildman–Crippen LogP) is 2.92. The van der Waals surface area contributed by atoms with Crippen molar-refractivity contribution < 1.29 is 9.47 Å². The van der Waals surface area contributed by atoms with Crippen LogP contribution in [0.1, 0.15) is 26.7 Å². The van der Waals surface area contributed by atoms with Gasteiger partial charge in [0.1, 0.15) is 5.75 Å². The lowest BCUT2D eigenvalue weighted by molar-refractivity contribution is 0.143. The first-order chi connectivity index (χ1) is 9.61. The molecule has 1 aliphatic rings. The van der Waals surface area contributed by atoms with E-state index in [1.807, 2.05) is 26.0 Å². The van der Waals surface area contributed by atoms with Crippen LogP contribution in [0.2, 0.25) is 0 Å². The average molecular weight is 278 g/mol. The highest BCUT2D eigenvalue weighted by Gasteiger charge is 2.22. The maximum absolute atomic E-state index is 6.28. The Morgan fingerprint density at radius 2 is 2.20 bits per heavy atom. The van der Waals surface area contributed by atoms with Crippen molar-refractivity contribution >= 4 is 11.4 Å². The SMILES string of the molecule is COCC1CCCN(c2cccc(OC(C)C)c2N)C1. The number of nitrogen functional groups attached to an aromatic ring is 1. The van der Waals surface area contributed by atoms with Gasteiger partial charge in [-0.1, -0.05) is 6.07 Å². The molecule has 0 aliphatic carbocycles. The van der Waals surface area contributed by atoms with E-state index >= 15 is 0 Å². The summed E-state index contributed by atoms with van der Waals surface area (Å²) in [6.07, 6.45) is 2.55. The second kappa shape index (κ2) is 6.84. The van der Waals surface area contributed by atoms with E-state index in [1.165, 1.54) is 12.8 Å². The standard InChI is InChI=1S/C16H26N2O2/c1-12(2)20-15-8-4-7-14(16(15)17)18-9-5-6-13(10-18)11-19-3/h4,7-8,12-13H,5-6,9-11,17H2,1-3H3. The zero-order valence-electron chi connectivity index (χ0n) is 12.8. The third kappa shape index (κ3) is 3.57. The summed E-state index contributed by atoms with van der Waals surface area (Å²) in [5.74, 6) is 1.37. The Kier molecular flexibility index (Phi) is 5.12. The normalized spacial score (nSPS) is 19.4. The highest BCUT2D eigenvalue weighted by molar-refractivity contribution is 5.74. The van der Waals surface area contributed by atoms with Gasteiger partial charge in [0.05, 0.1) is 24.1 Å². The van der Waals surface area contributed by atoms with Crippen LogP contribution in [0.3, 0.4) is 0 Å². The Morgan fingerprint density at radius 3 is 2.90 bits per heavy atom. The Bertz CT molecular complexity index is 432. The van der Waals surface area contributed by atoms with Gasteiger partial charge in [-0.25, -0.2) is 0 Å². The quantitative estimate of drug-likeness (QED) is 0.841. The largest absolute Gasteiger partial charge is 0.489 e. The van der Waals surface area contributed by atoms with Crippen molar-refractivity contribution in [2.24, 2.45) is 5.92 Å². The van der Waals surface area contributed by atoms with E-state index in [4.69, 9.17) is 15.2 Å². The monoisotopic (exact) mass is 278 g/mol. The van der Waals surface area contributed by atoms with E-state index in [0.717, 1.165) is 36.8 Å². The van der Waals surface area contributed by atoms with Gasteiger partial charge in [-0.2, -0.15) is 0 Å². The van der Waals surface area contributed by atoms with Gasteiger partial charge in [0.25, 0.3) is 0 Å². The summed E-state index contributed by atoms with van der Waals surface area (Å²) in [4.78, 5) is 2.36. The van der Waals surface area contributed by atoms with Crippen molar-refractivity contribution in [1.82, 2.24) is 0 Å². The molecule has 4 nitrogen and oxygen atoms in total. The lowest BCUT2D eigenvalue weighted by atomic mass is 9.98. The number of piperidine rings is 1. The van der Waals surface area contributed by atoms with Crippen molar-refractivity contribution in [2.75, 3.05) is 37.4 Å². The van der Waals surface area contributed by atoms with Crippen molar-refractivity contribution in [1.29, 1.82) is 0 Å². The molecule has 0 aromatic heterocycles. The molecule has 20 heavy (non-hydrogen) atoms. The van der Waals surface area contributed by atoms with E-state index in [1.54, 1.807) is 7.11 Å². The van der Waals surface area contributed by atoms with Crippen molar-refractivity contribution in [3.63, 3.8) is 0 Å². The number of hydrogen-bond acceptors (Lipinski definition) is 4. The minimum absolute atomic E-state index is 0.134. The first-order valence-corrected chi connectivity index (χ1v) is 7.40. The van der Waals surface area contributed by atoms with Gasteiger partial charge in [0.2, 0.25) is 0 Å². The van der Waals surface area contributed by atoms with E-state index in [-0.39, 0.29) is 6.10 Å². The lowest BCUT2D eigenvalue weighted by Crippen LogP contribution is -2.37. The van der Waals surface area contributed by atoms with E-state index in [9.17, 15) is 0 Å². The van der Waals surface area contributed by atoms with Crippen LogP contribution in [0.5, 0.6) is 5.75 Å². The number of benzene rings is 1. The third-order valence-electron chi connectivity index (χ3n) is 3.67. The smallest absolute Gasteiger partial charge is 0.144 e. The minimum atomic E-state index is 0.134. The van der Waals surface area contributed by atoms with E-state index in [2.05, 4.69) is 11.0 Å². The fourth-order valence-corrected chi connectivity index (χ4v) is 2.82. The van der Waals surface area contributed by atoms with Crippen LogP contribution >= 0.6 is 0 Å². The zero-order valence-corrected chi connectivity index (χ0v) is 12.8. The molecule has 2 N–H and O–H groups in total. The molecule has 112 valence electrons. The molecule has 1 aromatic rings. The summed E-state index contributed by atoms with van der Waals surface area (Å²) < 4.78 is 11.1. The van der Waals surface area contributed by atoms with Crippen LogP contribution in [0.4, 0.5) is 11.4 Å². The Hall–Kier alpha value is -1.42. The summed E-state index contributed by atoms with van der Waals surface area (Å²) in [5.41, 5.74) is 8.12. The Morgan fingerprint density at radius 1 is 1.40 bits per heavy atom. The molecule has 1 unspecified atom stereocenters. The third-order valence-corrected chi connectivity index (χ3v) is 3.67. The summed E-state index contributed by atoms with van der Waals surface area (Å²) in [5, 5.41) is 0. The number of nitrogens with two attached hydrogens (primary N) is 1. The molecule has 1 aliphatic heterocycles. The van der Waals surface area contributed by atoms with E-state index in [0.29, 0.717) is 5.92 Å². The molecular formula is C16H26N2O2. The number of nitrogens with zero attached hydrogens (tertiary/aromatic N) is 1. The van der Waals surface area contributed by atoms with Gasteiger partial charge < -0.3 is 20.1 Å². The molecule has 0 bridgehead atoms. The van der Waals surface area contributed by atoms with Gasteiger partial charge in [-0.3, -0.25) is 0 Å². The second-order valence-corrected chi connectivity index (χ2v) is 5.77. The molecule has 0 saturated carbocycles. The Labute approximate surface area is 121 Å². The molecule has 1 heterocycles. The van der Waals surface area contributed by atoms with Crippen molar-refractivity contribution in [2.45, 2.75) is 32.8 Å². The van der Waals surface area contributed by atoms with Crippen LogP contribution in [0.25, 0.3) is 0 Å². The summed E-state index contributed by atoms with van der Waals surface area (Å²) in [6.45, 7) is 6.90. The van der Waals surface area contributed by atoms with Crippen LogP contribution in [-0.2, 0) is 4.74 Å². The van der Waals surface area contributed by atoms with Crippen molar-refractivity contribution in [3.8, 4) is 5.75 Å². The summed E-state index contributed by atoms with van der Waals surface area (Å²) >= 11 is 0. The van der Waals surface area contributed by atoms with Gasteiger partial charge in [0, 0.05) is 20.2 Å². The number of rotatable bonds is 5. The van der Waals surface area contributed by atoms with Gasteiger partial charge in [-0.05, 0) is 44.7 Å². The fraction of sp³-hybridized carbons (Fsp3) is 0.625. The number of ether oxygens (including phenoxy) is 2. The highest BCUT2D eigenvalue weighted by atomic mass is 16.5. The molecule has 1 fully saturated rings. The molecule has 0 radical (unpaired) electrons. The van der Waals surface area contributed by atoms with Crippen LogP contribution in [0.15, 0.2) is 18.2 Å². The van der Waals surface area contributed by atoms with Gasteiger partial charge in [0.15, 0.2) is 0 Å². The summed E-state index contributed by atoms with van der Waals surface area (Å²) in [7, 11) is 1.77.